The number of ether oxygens (including phenoxy) is 2. The Morgan fingerprint density at radius 2 is 1.81 bits per heavy atom. The number of benzene rings is 2. The summed E-state index contributed by atoms with van der Waals surface area (Å²) < 4.78 is 27.2. The van der Waals surface area contributed by atoms with E-state index in [0.29, 0.717) is 59.5 Å². The Hall–Kier alpha value is -5.32. The van der Waals surface area contributed by atoms with E-state index in [2.05, 4.69) is 25.6 Å². The van der Waals surface area contributed by atoms with E-state index in [1.54, 1.807) is 35.6 Å². The Morgan fingerprint density at radius 3 is 2.62 bits per heavy atom. The molecule has 0 unspecified atom stereocenters. The third-order valence-electron chi connectivity index (χ3n) is 7.78. The van der Waals surface area contributed by atoms with E-state index in [9.17, 15) is 4.79 Å². The summed E-state index contributed by atoms with van der Waals surface area (Å²) in [4.78, 5) is 32.5. The number of aryl methyl sites for hydroxylation is 1. The minimum absolute atomic E-state index is 0.0321. The van der Waals surface area contributed by atoms with Crippen LogP contribution in [0.5, 0.6) is 11.6 Å². The van der Waals surface area contributed by atoms with Gasteiger partial charge in [0.05, 0.1) is 29.2 Å². The number of hydrogen-bond donors (Lipinski definition) is 2. The predicted molar refractivity (Wildman–Crippen MR) is 180 cm³/mol. The van der Waals surface area contributed by atoms with Crippen LogP contribution in [0.2, 0.25) is 0 Å². The Bertz CT molecular complexity index is 1880. The Kier molecular flexibility index (Phi) is 9.15. The fourth-order valence-corrected chi connectivity index (χ4v) is 5.57. The lowest BCUT2D eigenvalue weighted by atomic mass is 10.0. The van der Waals surface area contributed by atoms with Crippen molar-refractivity contribution in [2.45, 2.75) is 58.7 Å². The van der Waals surface area contributed by atoms with Crippen molar-refractivity contribution in [2.24, 2.45) is 0 Å². The molecule has 2 N–H and O–H groups in total. The number of carbonyl (C=O) groups is 1. The maximum atomic E-state index is 15.1. The van der Waals surface area contributed by atoms with Crippen molar-refractivity contribution >= 4 is 28.5 Å². The van der Waals surface area contributed by atoms with E-state index < -0.39 is 5.60 Å². The van der Waals surface area contributed by atoms with Crippen LogP contribution < -0.4 is 15.4 Å². The van der Waals surface area contributed by atoms with Crippen LogP contribution in [-0.4, -0.2) is 55.7 Å². The fourth-order valence-electron chi connectivity index (χ4n) is 5.57. The number of amides is 1. The van der Waals surface area contributed by atoms with Gasteiger partial charge in [0.2, 0.25) is 11.8 Å². The maximum Gasteiger partial charge on any atom is 0.410 e. The first-order valence-electron chi connectivity index (χ1n) is 15.7. The summed E-state index contributed by atoms with van der Waals surface area (Å²) in [7, 11) is 0. The van der Waals surface area contributed by atoms with Crippen LogP contribution in [0.3, 0.4) is 0 Å². The molecule has 10 nitrogen and oxygen atoms in total. The number of likely N-dealkylation sites (tertiary alicyclic amines) is 1. The van der Waals surface area contributed by atoms with Crippen LogP contribution in [-0.2, 0) is 11.3 Å². The number of hydrogen-bond acceptors (Lipinski definition) is 9. The van der Waals surface area contributed by atoms with Crippen LogP contribution in [0.1, 0.15) is 44.9 Å². The molecule has 1 fully saturated rings. The third-order valence-corrected chi connectivity index (χ3v) is 7.78. The lowest BCUT2D eigenvalue weighted by molar-refractivity contribution is 0.0206. The molecular weight excluding hydrogens is 597 g/mol. The van der Waals surface area contributed by atoms with Gasteiger partial charge in [0.25, 0.3) is 0 Å². The molecule has 0 bridgehead atoms. The predicted octanol–water partition coefficient (Wildman–Crippen LogP) is 7.75. The minimum atomic E-state index is -0.557. The van der Waals surface area contributed by atoms with Crippen LogP contribution in [0.15, 0.2) is 79.3 Å². The van der Waals surface area contributed by atoms with Crippen LogP contribution in [0, 0.1) is 12.7 Å². The molecule has 0 aliphatic carbocycles. The van der Waals surface area contributed by atoms with Gasteiger partial charge in [-0.1, -0.05) is 18.2 Å². The van der Waals surface area contributed by atoms with E-state index in [1.807, 2.05) is 70.2 Å². The highest BCUT2D eigenvalue weighted by atomic mass is 19.1. The molecule has 1 saturated heterocycles. The van der Waals surface area contributed by atoms with Gasteiger partial charge in [-0.2, -0.15) is 0 Å². The van der Waals surface area contributed by atoms with Gasteiger partial charge in [0.15, 0.2) is 0 Å². The Labute approximate surface area is 273 Å². The summed E-state index contributed by atoms with van der Waals surface area (Å²) in [5, 5.41) is 8.03. The molecule has 0 saturated carbocycles. The molecule has 1 aliphatic rings. The topological polar surface area (TPSA) is 114 Å². The number of carbonyl (C=O) groups excluding carboxylic acids is 1. The molecule has 1 atom stereocenters. The standard InChI is InChI=1S/C36H38FN7O3/c1-23-12-13-26-27(14-15-29(37)31(26)41-21-24-9-5-6-17-38-24)32(23)46-33-28(11-7-18-39-33)30-16-19-40-34(43-30)42-25-10-8-20-44(22-25)35(45)47-36(2,3)4/h5-7,9,11-19,25,41H,8,10,20-22H2,1-4H3,(H,40,42,43)/t25-/m0/s1. The zero-order valence-corrected chi connectivity index (χ0v) is 27.0. The number of piperidine rings is 1. The van der Waals surface area contributed by atoms with Crippen molar-refractivity contribution in [3.8, 4) is 22.9 Å². The minimum Gasteiger partial charge on any atom is -0.444 e. The van der Waals surface area contributed by atoms with Gasteiger partial charge < -0.3 is 25.0 Å². The molecule has 3 aromatic heterocycles. The average molecular weight is 636 g/mol. The third kappa shape index (κ3) is 7.57. The number of aromatic nitrogens is 4. The van der Waals surface area contributed by atoms with Crippen molar-refractivity contribution in [1.29, 1.82) is 0 Å². The largest absolute Gasteiger partial charge is 0.444 e. The number of halogens is 1. The van der Waals surface area contributed by atoms with Crippen LogP contribution in [0.4, 0.5) is 20.8 Å². The van der Waals surface area contributed by atoms with Gasteiger partial charge in [-0.05, 0) is 88.6 Å². The van der Waals surface area contributed by atoms with Gasteiger partial charge in [0, 0.05) is 48.5 Å². The van der Waals surface area contributed by atoms with Crippen molar-refractivity contribution < 1.29 is 18.7 Å². The van der Waals surface area contributed by atoms with Gasteiger partial charge in [-0.15, -0.1) is 0 Å². The first-order valence-corrected chi connectivity index (χ1v) is 15.7. The van der Waals surface area contributed by atoms with E-state index in [0.717, 1.165) is 29.5 Å². The highest BCUT2D eigenvalue weighted by molar-refractivity contribution is 5.99. The number of pyridine rings is 2. The number of nitrogens with one attached hydrogen (secondary N) is 2. The van der Waals surface area contributed by atoms with Gasteiger partial charge in [-0.3, -0.25) is 4.98 Å². The number of rotatable bonds is 8. The summed E-state index contributed by atoms with van der Waals surface area (Å²) in [5.74, 6) is 0.998. The fraction of sp³-hybridized carbons (Fsp3) is 0.306. The molecule has 0 spiro atoms. The van der Waals surface area contributed by atoms with E-state index in [-0.39, 0.29) is 18.0 Å². The van der Waals surface area contributed by atoms with E-state index in [1.165, 1.54) is 6.07 Å². The normalized spacial score (nSPS) is 14.9. The molecule has 0 radical (unpaired) electrons. The molecule has 1 amide bonds. The molecule has 242 valence electrons. The van der Waals surface area contributed by atoms with E-state index >= 15 is 4.39 Å². The summed E-state index contributed by atoms with van der Waals surface area (Å²) in [6.45, 7) is 9.04. The lowest BCUT2D eigenvalue weighted by Gasteiger charge is -2.34. The highest BCUT2D eigenvalue weighted by Crippen LogP contribution is 2.39. The molecule has 6 rings (SSSR count). The number of anilines is 2. The SMILES string of the molecule is Cc1ccc2c(NCc3ccccn3)c(F)ccc2c1Oc1ncccc1-c1ccnc(N[C@H]2CCCN(C(=O)OC(C)(C)C)C2)n1. The maximum absolute atomic E-state index is 15.1. The molecule has 5 aromatic rings. The second-order valence-electron chi connectivity index (χ2n) is 12.5. The molecule has 4 heterocycles. The average Bonchev–Trinajstić information content (AvgIpc) is 3.06. The van der Waals surface area contributed by atoms with Crippen molar-refractivity contribution in [3.63, 3.8) is 0 Å². The van der Waals surface area contributed by atoms with E-state index in [4.69, 9.17) is 14.5 Å². The zero-order chi connectivity index (χ0) is 33.0. The Morgan fingerprint density at radius 1 is 0.979 bits per heavy atom. The molecular formula is C36H38FN7O3. The van der Waals surface area contributed by atoms with Gasteiger partial charge in [0.1, 0.15) is 17.2 Å². The summed E-state index contributed by atoms with van der Waals surface area (Å²) in [6, 6.07) is 18.1. The second kappa shape index (κ2) is 13.6. The van der Waals surface area contributed by atoms with Crippen molar-refractivity contribution in [1.82, 2.24) is 24.8 Å². The quantitative estimate of drug-likeness (QED) is 0.177. The second-order valence-corrected chi connectivity index (χ2v) is 12.5. The monoisotopic (exact) mass is 635 g/mol. The molecule has 47 heavy (non-hydrogen) atoms. The molecule has 11 heteroatoms. The zero-order valence-electron chi connectivity index (χ0n) is 27.0. The lowest BCUT2D eigenvalue weighted by Crippen LogP contribution is -2.47. The van der Waals surface area contributed by atoms with Crippen molar-refractivity contribution in [3.05, 3.63) is 96.3 Å². The number of nitrogens with zero attached hydrogens (tertiary/aromatic N) is 5. The van der Waals surface area contributed by atoms with Crippen LogP contribution >= 0.6 is 0 Å². The Balaban J connectivity index is 1.24. The first kappa shape index (κ1) is 31.7. The summed E-state index contributed by atoms with van der Waals surface area (Å²) in [5.41, 5.74) is 2.77. The first-order chi connectivity index (χ1) is 22.6. The van der Waals surface area contributed by atoms with Gasteiger partial charge >= 0.3 is 6.09 Å². The molecule has 2 aromatic carbocycles. The van der Waals surface area contributed by atoms with Crippen LogP contribution in [0.25, 0.3) is 22.0 Å². The smallest absolute Gasteiger partial charge is 0.410 e. The highest BCUT2D eigenvalue weighted by Gasteiger charge is 2.28. The summed E-state index contributed by atoms with van der Waals surface area (Å²) in [6.07, 6.45) is 6.44. The van der Waals surface area contributed by atoms with Gasteiger partial charge in [-0.25, -0.2) is 24.1 Å². The van der Waals surface area contributed by atoms with Crippen molar-refractivity contribution in [2.75, 3.05) is 23.7 Å². The summed E-state index contributed by atoms with van der Waals surface area (Å²) >= 11 is 0. The molecule has 1 aliphatic heterocycles. The number of fused-ring (bicyclic) bond motifs is 1.